The highest BCUT2D eigenvalue weighted by Gasteiger charge is 2.27. The van der Waals surface area contributed by atoms with Crippen LogP contribution in [0.2, 0.25) is 0 Å². The zero-order valence-corrected chi connectivity index (χ0v) is 18.1. The number of amides is 2. The van der Waals surface area contributed by atoms with Crippen LogP contribution in [0, 0.1) is 11.7 Å². The average molecular weight is 416 g/mol. The predicted octanol–water partition coefficient (Wildman–Crippen LogP) is 3.30. The van der Waals surface area contributed by atoms with Crippen molar-refractivity contribution in [3.05, 3.63) is 59.4 Å². The third kappa shape index (κ3) is 5.95. The van der Waals surface area contributed by atoms with E-state index in [4.69, 9.17) is 9.47 Å². The maximum atomic E-state index is 13.1. The van der Waals surface area contributed by atoms with E-state index in [0.717, 1.165) is 5.56 Å². The average Bonchev–Trinajstić information content (AvgIpc) is 2.75. The first-order valence-electron chi connectivity index (χ1n) is 9.79. The summed E-state index contributed by atoms with van der Waals surface area (Å²) < 4.78 is 23.6. The van der Waals surface area contributed by atoms with Crippen molar-refractivity contribution in [3.63, 3.8) is 0 Å². The molecule has 0 saturated carbocycles. The van der Waals surface area contributed by atoms with E-state index in [1.807, 2.05) is 32.0 Å². The lowest BCUT2D eigenvalue weighted by Gasteiger charge is -2.27. The Hall–Kier alpha value is -3.09. The monoisotopic (exact) mass is 416 g/mol. The van der Waals surface area contributed by atoms with Crippen molar-refractivity contribution in [2.45, 2.75) is 26.3 Å². The highest BCUT2D eigenvalue weighted by molar-refractivity contribution is 5.97. The van der Waals surface area contributed by atoms with Crippen LogP contribution in [-0.4, -0.2) is 50.6 Å². The maximum Gasteiger partial charge on any atom is 0.251 e. The lowest BCUT2D eigenvalue weighted by atomic mass is 10.0. The molecule has 0 bridgehead atoms. The van der Waals surface area contributed by atoms with Gasteiger partial charge in [-0.05, 0) is 54.3 Å². The molecule has 0 heterocycles. The molecule has 0 aromatic heterocycles. The molecule has 7 heteroatoms. The molecule has 162 valence electrons. The largest absolute Gasteiger partial charge is 0.493 e. The summed E-state index contributed by atoms with van der Waals surface area (Å²) in [5.74, 6) is 0.171. The molecule has 2 aromatic rings. The second-order valence-corrected chi connectivity index (χ2v) is 7.40. The molecule has 1 unspecified atom stereocenters. The number of ether oxygens (including phenoxy) is 2. The lowest BCUT2D eigenvalue weighted by Crippen LogP contribution is -2.50. The van der Waals surface area contributed by atoms with Crippen molar-refractivity contribution in [2.75, 3.05) is 27.8 Å². The summed E-state index contributed by atoms with van der Waals surface area (Å²) >= 11 is 0. The van der Waals surface area contributed by atoms with Gasteiger partial charge in [-0.25, -0.2) is 4.39 Å². The van der Waals surface area contributed by atoms with Crippen LogP contribution in [0.1, 0.15) is 29.8 Å². The number of methoxy groups -OCH3 is 2. The van der Waals surface area contributed by atoms with Gasteiger partial charge < -0.3 is 19.7 Å². The van der Waals surface area contributed by atoms with Crippen LogP contribution >= 0.6 is 0 Å². The van der Waals surface area contributed by atoms with Gasteiger partial charge in [-0.1, -0.05) is 19.9 Å². The molecular weight excluding hydrogens is 387 g/mol. The molecule has 30 heavy (non-hydrogen) atoms. The number of nitrogens with zero attached hydrogens (tertiary/aromatic N) is 1. The third-order valence-electron chi connectivity index (χ3n) is 4.89. The van der Waals surface area contributed by atoms with Crippen molar-refractivity contribution in [2.24, 2.45) is 5.92 Å². The SMILES string of the molecule is COc1ccc(CCN(C)C(=O)C(NC(=O)c2ccc(F)cc2)C(C)C)cc1OC. The Morgan fingerprint density at radius 2 is 1.67 bits per heavy atom. The Kier molecular flexibility index (Phi) is 8.21. The number of halogens is 1. The van der Waals surface area contributed by atoms with Crippen molar-refractivity contribution >= 4 is 11.8 Å². The van der Waals surface area contributed by atoms with E-state index in [9.17, 15) is 14.0 Å². The molecule has 0 saturated heterocycles. The molecule has 0 aliphatic carbocycles. The van der Waals surface area contributed by atoms with Gasteiger partial charge in [0.05, 0.1) is 14.2 Å². The van der Waals surface area contributed by atoms with Gasteiger partial charge >= 0.3 is 0 Å². The standard InChI is InChI=1S/C23H29FN2O4/c1-15(2)21(25-22(27)17-7-9-18(24)10-8-17)23(28)26(3)13-12-16-6-11-19(29-4)20(14-16)30-5/h6-11,14-15,21H,12-13H2,1-5H3,(H,25,27). The highest BCUT2D eigenvalue weighted by atomic mass is 19.1. The fraction of sp³-hybridized carbons (Fsp3) is 0.391. The summed E-state index contributed by atoms with van der Waals surface area (Å²) in [6, 6.07) is 10.2. The zero-order chi connectivity index (χ0) is 22.3. The number of nitrogens with one attached hydrogen (secondary N) is 1. The van der Waals surface area contributed by atoms with Crippen LogP contribution in [0.15, 0.2) is 42.5 Å². The molecular formula is C23H29FN2O4. The Morgan fingerprint density at radius 3 is 2.23 bits per heavy atom. The van der Waals surface area contributed by atoms with E-state index in [2.05, 4.69) is 5.32 Å². The Bertz CT molecular complexity index is 868. The highest BCUT2D eigenvalue weighted by Crippen LogP contribution is 2.27. The summed E-state index contributed by atoms with van der Waals surface area (Å²) in [7, 11) is 4.87. The maximum absolute atomic E-state index is 13.1. The number of hydrogen-bond donors (Lipinski definition) is 1. The molecule has 0 radical (unpaired) electrons. The molecule has 0 fully saturated rings. The summed E-state index contributed by atoms with van der Waals surface area (Å²) in [5, 5.41) is 2.78. The minimum atomic E-state index is -0.682. The minimum Gasteiger partial charge on any atom is -0.493 e. The van der Waals surface area contributed by atoms with Crippen LogP contribution in [0.25, 0.3) is 0 Å². The van der Waals surface area contributed by atoms with Gasteiger partial charge in [0, 0.05) is 19.2 Å². The molecule has 1 N–H and O–H groups in total. The first kappa shape index (κ1) is 23.2. The summed E-state index contributed by atoms with van der Waals surface area (Å²) in [5.41, 5.74) is 1.31. The Balaban J connectivity index is 2.02. The normalized spacial score (nSPS) is 11.7. The van der Waals surface area contributed by atoms with Crippen LogP contribution in [-0.2, 0) is 11.2 Å². The van der Waals surface area contributed by atoms with E-state index in [1.165, 1.54) is 24.3 Å². The fourth-order valence-electron chi connectivity index (χ4n) is 3.02. The van der Waals surface area contributed by atoms with E-state index < -0.39 is 17.8 Å². The van der Waals surface area contributed by atoms with Gasteiger partial charge in [0.15, 0.2) is 11.5 Å². The van der Waals surface area contributed by atoms with E-state index >= 15 is 0 Å². The van der Waals surface area contributed by atoms with Crippen molar-refractivity contribution < 1.29 is 23.5 Å². The topological polar surface area (TPSA) is 67.9 Å². The molecule has 2 amide bonds. The van der Waals surface area contributed by atoms with Crippen LogP contribution in [0.4, 0.5) is 4.39 Å². The van der Waals surface area contributed by atoms with Gasteiger partial charge in [-0.15, -0.1) is 0 Å². The summed E-state index contributed by atoms with van der Waals surface area (Å²) in [4.78, 5) is 27.0. The van der Waals surface area contributed by atoms with Gasteiger partial charge in [0.1, 0.15) is 11.9 Å². The number of likely N-dealkylation sites (N-methyl/N-ethyl adjacent to an activating group) is 1. The molecule has 2 aromatic carbocycles. The molecule has 6 nitrogen and oxygen atoms in total. The van der Waals surface area contributed by atoms with Crippen LogP contribution in [0.3, 0.4) is 0 Å². The quantitative estimate of drug-likeness (QED) is 0.681. The van der Waals surface area contributed by atoms with Gasteiger partial charge in [-0.2, -0.15) is 0 Å². The number of carbonyl (C=O) groups is 2. The molecule has 0 aliphatic heterocycles. The number of hydrogen-bond acceptors (Lipinski definition) is 4. The summed E-state index contributed by atoms with van der Waals surface area (Å²) in [6.45, 7) is 4.22. The fourth-order valence-corrected chi connectivity index (χ4v) is 3.02. The van der Waals surface area contributed by atoms with Gasteiger partial charge in [0.25, 0.3) is 5.91 Å². The van der Waals surface area contributed by atoms with E-state index in [-0.39, 0.29) is 11.8 Å². The molecule has 2 rings (SSSR count). The number of carbonyl (C=O) groups excluding carboxylic acids is 2. The Morgan fingerprint density at radius 1 is 1.03 bits per heavy atom. The third-order valence-corrected chi connectivity index (χ3v) is 4.89. The first-order valence-corrected chi connectivity index (χ1v) is 9.79. The van der Waals surface area contributed by atoms with Gasteiger partial charge in [0.2, 0.25) is 5.91 Å². The van der Waals surface area contributed by atoms with Crippen LogP contribution in [0.5, 0.6) is 11.5 Å². The van der Waals surface area contributed by atoms with E-state index in [0.29, 0.717) is 30.0 Å². The zero-order valence-electron chi connectivity index (χ0n) is 18.1. The minimum absolute atomic E-state index is 0.106. The lowest BCUT2D eigenvalue weighted by molar-refractivity contribution is -0.133. The Labute approximate surface area is 177 Å². The van der Waals surface area contributed by atoms with E-state index in [1.54, 1.807) is 26.2 Å². The predicted molar refractivity (Wildman–Crippen MR) is 113 cm³/mol. The van der Waals surface area contributed by atoms with Crippen molar-refractivity contribution in [3.8, 4) is 11.5 Å². The molecule has 0 aliphatic rings. The molecule has 1 atom stereocenters. The second-order valence-electron chi connectivity index (χ2n) is 7.40. The molecule has 0 spiro atoms. The first-order chi connectivity index (χ1) is 14.3. The second kappa shape index (κ2) is 10.6. The van der Waals surface area contributed by atoms with Crippen molar-refractivity contribution in [1.29, 1.82) is 0 Å². The number of benzene rings is 2. The van der Waals surface area contributed by atoms with Crippen molar-refractivity contribution in [1.82, 2.24) is 10.2 Å². The van der Waals surface area contributed by atoms with Gasteiger partial charge in [-0.3, -0.25) is 9.59 Å². The smallest absolute Gasteiger partial charge is 0.251 e. The van der Waals surface area contributed by atoms with Crippen LogP contribution < -0.4 is 14.8 Å². The summed E-state index contributed by atoms with van der Waals surface area (Å²) in [6.07, 6.45) is 0.624. The number of rotatable bonds is 9.